The molecule has 0 aliphatic carbocycles. The number of benzene rings is 2. The van der Waals surface area contributed by atoms with Gasteiger partial charge in [-0.05, 0) is 36.8 Å². The lowest BCUT2D eigenvalue weighted by molar-refractivity contribution is -0.0619. The number of hydrogen-bond acceptors (Lipinski definition) is 6. The van der Waals surface area contributed by atoms with E-state index in [2.05, 4.69) is 20.0 Å². The predicted octanol–water partition coefficient (Wildman–Crippen LogP) is 4.74. The lowest BCUT2D eigenvalue weighted by Gasteiger charge is -2.24. The fourth-order valence-electron chi connectivity index (χ4n) is 3.79. The number of fused-ring (bicyclic) bond motifs is 1. The van der Waals surface area contributed by atoms with Crippen molar-refractivity contribution in [2.24, 2.45) is 9.98 Å². The number of allylic oxidation sites excluding steroid dienone is 1. The number of rotatable bonds is 9. The third-order valence-electron chi connectivity index (χ3n) is 5.48. The van der Waals surface area contributed by atoms with Crippen molar-refractivity contribution in [1.82, 2.24) is 0 Å². The highest BCUT2D eigenvalue weighted by Crippen LogP contribution is 2.31. The first-order valence-electron chi connectivity index (χ1n) is 11.1. The quantitative estimate of drug-likeness (QED) is 0.312. The first-order chi connectivity index (χ1) is 16.4. The number of carbonyl (C=O) groups is 1. The van der Waals surface area contributed by atoms with E-state index in [1.807, 2.05) is 31.2 Å². The van der Waals surface area contributed by atoms with Gasteiger partial charge in [-0.3, -0.25) is 9.79 Å². The normalized spacial score (nSPS) is 19.7. The summed E-state index contributed by atoms with van der Waals surface area (Å²) < 4.78 is 34.5. The SMILES string of the molecule is CCC(=N/C=C(\C)Cc1cc(C=O)c(NC=NC2CCOCC2O)c2ccccc12)OC(F)F. The number of nitrogens with one attached hydrogen (secondary N) is 1. The van der Waals surface area contributed by atoms with Gasteiger partial charge in [-0.15, -0.1) is 0 Å². The topological polar surface area (TPSA) is 92.5 Å². The Hall–Kier alpha value is -3.17. The largest absolute Gasteiger partial charge is 0.421 e. The number of aliphatic hydroxyl groups is 1. The minimum atomic E-state index is -2.91. The molecule has 3 rings (SSSR count). The summed E-state index contributed by atoms with van der Waals surface area (Å²) in [6.45, 7) is 1.41. The maximum atomic E-state index is 12.5. The Bertz CT molecular complexity index is 1090. The lowest BCUT2D eigenvalue weighted by atomic mass is 9.95. The Labute approximate surface area is 197 Å². The minimum Gasteiger partial charge on any atom is -0.421 e. The van der Waals surface area contributed by atoms with Crippen molar-refractivity contribution < 1.29 is 28.2 Å². The lowest BCUT2D eigenvalue weighted by Crippen LogP contribution is -2.35. The van der Waals surface area contributed by atoms with Crippen LogP contribution >= 0.6 is 0 Å². The van der Waals surface area contributed by atoms with Crippen molar-refractivity contribution in [1.29, 1.82) is 0 Å². The Morgan fingerprint density at radius 2 is 2.12 bits per heavy atom. The molecule has 9 heteroatoms. The van der Waals surface area contributed by atoms with Gasteiger partial charge in [0.15, 0.2) is 12.2 Å². The van der Waals surface area contributed by atoms with E-state index < -0.39 is 12.7 Å². The zero-order valence-electron chi connectivity index (χ0n) is 19.2. The predicted molar refractivity (Wildman–Crippen MR) is 129 cm³/mol. The van der Waals surface area contributed by atoms with Crippen molar-refractivity contribution in [3.63, 3.8) is 0 Å². The Kier molecular flexibility index (Phi) is 9.24. The summed E-state index contributed by atoms with van der Waals surface area (Å²) >= 11 is 0. The molecule has 182 valence electrons. The Morgan fingerprint density at radius 1 is 1.35 bits per heavy atom. The van der Waals surface area contributed by atoms with Crippen molar-refractivity contribution in [2.45, 2.75) is 51.9 Å². The van der Waals surface area contributed by atoms with Crippen molar-refractivity contribution in [2.75, 3.05) is 18.5 Å². The summed E-state index contributed by atoms with van der Waals surface area (Å²) in [5.41, 5.74) is 2.80. The summed E-state index contributed by atoms with van der Waals surface area (Å²) in [5.74, 6) is -0.0405. The molecule has 2 unspecified atom stereocenters. The van der Waals surface area contributed by atoms with Crippen LogP contribution in [0.3, 0.4) is 0 Å². The molecule has 0 saturated carbocycles. The molecule has 0 spiro atoms. The smallest absolute Gasteiger partial charge is 0.388 e. The van der Waals surface area contributed by atoms with E-state index in [9.17, 15) is 18.7 Å². The van der Waals surface area contributed by atoms with Crippen LogP contribution in [0.1, 0.15) is 42.6 Å². The first-order valence-corrected chi connectivity index (χ1v) is 11.1. The van der Waals surface area contributed by atoms with E-state index in [0.29, 0.717) is 30.7 Å². The summed E-state index contributed by atoms with van der Waals surface area (Å²) in [6.07, 6.45) is 4.48. The third kappa shape index (κ3) is 6.68. The van der Waals surface area contributed by atoms with E-state index in [1.165, 1.54) is 12.5 Å². The van der Waals surface area contributed by atoms with Gasteiger partial charge in [-0.1, -0.05) is 36.8 Å². The van der Waals surface area contributed by atoms with Crippen molar-refractivity contribution in [3.8, 4) is 0 Å². The standard InChI is InChI=1S/C25H29F2N3O4/c1-3-23(34-25(26)27)28-12-16(2)10-17-11-18(13-31)24(20-7-5-4-6-19(17)20)30-15-29-21-8-9-33-14-22(21)32/h4-7,11-13,15,21-22,25,32H,3,8-10,14H2,1-2H3,(H,29,30)/b16-12+,28-23?. The highest BCUT2D eigenvalue weighted by Gasteiger charge is 2.22. The van der Waals surface area contributed by atoms with Gasteiger partial charge in [-0.2, -0.15) is 8.78 Å². The Morgan fingerprint density at radius 3 is 2.79 bits per heavy atom. The highest BCUT2D eigenvalue weighted by atomic mass is 19.3. The Balaban J connectivity index is 1.88. The number of anilines is 1. The summed E-state index contributed by atoms with van der Waals surface area (Å²) in [4.78, 5) is 20.4. The van der Waals surface area contributed by atoms with E-state index in [1.54, 1.807) is 13.0 Å². The average Bonchev–Trinajstić information content (AvgIpc) is 2.83. The van der Waals surface area contributed by atoms with E-state index >= 15 is 0 Å². The van der Waals surface area contributed by atoms with Crippen LogP contribution in [0.5, 0.6) is 0 Å². The fourth-order valence-corrected chi connectivity index (χ4v) is 3.79. The number of aliphatic imine (C=N–C) groups is 2. The van der Waals surface area contributed by atoms with Crippen LogP contribution in [0.4, 0.5) is 14.5 Å². The maximum absolute atomic E-state index is 12.5. The van der Waals surface area contributed by atoms with Crippen LogP contribution in [0.2, 0.25) is 0 Å². The number of ether oxygens (including phenoxy) is 2. The zero-order valence-corrected chi connectivity index (χ0v) is 19.2. The highest BCUT2D eigenvalue weighted by molar-refractivity contribution is 6.07. The monoisotopic (exact) mass is 473 g/mol. The number of hydrogen-bond donors (Lipinski definition) is 2. The molecule has 2 aromatic rings. The molecule has 1 fully saturated rings. The minimum absolute atomic E-state index is 0.0405. The summed E-state index contributed by atoms with van der Waals surface area (Å²) in [7, 11) is 0. The van der Waals surface area contributed by atoms with Crippen LogP contribution in [0, 0.1) is 0 Å². The molecule has 1 aliphatic heterocycles. The summed E-state index contributed by atoms with van der Waals surface area (Å²) in [5, 5.41) is 14.9. The third-order valence-corrected chi connectivity index (χ3v) is 5.48. The molecular weight excluding hydrogens is 444 g/mol. The second kappa shape index (κ2) is 12.3. The number of nitrogens with zero attached hydrogens (tertiary/aromatic N) is 2. The van der Waals surface area contributed by atoms with Crippen LogP contribution < -0.4 is 5.32 Å². The van der Waals surface area contributed by atoms with Gasteiger partial charge >= 0.3 is 6.61 Å². The van der Waals surface area contributed by atoms with Gasteiger partial charge in [0.05, 0.1) is 30.8 Å². The molecule has 1 heterocycles. The van der Waals surface area contributed by atoms with Crippen LogP contribution in [-0.2, 0) is 15.9 Å². The number of aliphatic hydroxyl groups excluding tert-OH is 1. The molecule has 0 aromatic heterocycles. The van der Waals surface area contributed by atoms with Crippen LogP contribution in [0.25, 0.3) is 10.8 Å². The molecule has 1 aliphatic rings. The van der Waals surface area contributed by atoms with E-state index in [0.717, 1.165) is 28.2 Å². The van der Waals surface area contributed by atoms with E-state index in [4.69, 9.17) is 4.74 Å². The number of alkyl halides is 2. The molecule has 1 saturated heterocycles. The first kappa shape index (κ1) is 25.5. The fraction of sp³-hybridized carbons (Fsp3) is 0.400. The van der Waals surface area contributed by atoms with Gasteiger partial charge < -0.3 is 19.9 Å². The van der Waals surface area contributed by atoms with Crippen molar-refractivity contribution >= 4 is 35.0 Å². The molecule has 34 heavy (non-hydrogen) atoms. The molecular formula is C25H29F2N3O4. The zero-order chi connectivity index (χ0) is 24.5. The molecule has 0 bridgehead atoms. The van der Waals surface area contributed by atoms with E-state index in [-0.39, 0.29) is 25.0 Å². The number of halogens is 2. The summed E-state index contributed by atoms with van der Waals surface area (Å²) in [6, 6.07) is 9.19. The average molecular weight is 474 g/mol. The van der Waals surface area contributed by atoms with Gasteiger partial charge in [0.25, 0.3) is 0 Å². The van der Waals surface area contributed by atoms with Gasteiger partial charge in [0, 0.05) is 30.2 Å². The molecule has 2 atom stereocenters. The van der Waals surface area contributed by atoms with Crippen molar-refractivity contribution in [3.05, 3.63) is 53.2 Å². The van der Waals surface area contributed by atoms with Gasteiger partial charge in [0.1, 0.15) is 0 Å². The van der Waals surface area contributed by atoms with Crippen LogP contribution in [-0.4, -0.2) is 55.6 Å². The second-order valence-electron chi connectivity index (χ2n) is 7.99. The number of carbonyl (C=O) groups excluding carboxylic acids is 1. The number of aldehydes is 1. The molecule has 2 aromatic carbocycles. The van der Waals surface area contributed by atoms with Gasteiger partial charge in [-0.25, -0.2) is 4.99 Å². The molecule has 2 N–H and O–H groups in total. The van der Waals surface area contributed by atoms with Gasteiger partial charge in [0.2, 0.25) is 0 Å². The maximum Gasteiger partial charge on any atom is 0.388 e. The van der Waals surface area contributed by atoms with Crippen LogP contribution in [0.15, 0.2) is 52.1 Å². The second-order valence-corrected chi connectivity index (χ2v) is 7.99. The molecule has 7 nitrogen and oxygen atoms in total. The molecule has 0 amide bonds. The molecule has 0 radical (unpaired) electrons.